The molecule has 1 aliphatic carbocycles. The van der Waals surface area contributed by atoms with Crippen molar-refractivity contribution in [2.24, 2.45) is 0 Å². The van der Waals surface area contributed by atoms with Crippen LogP contribution in [0, 0.1) is 0 Å². The second-order valence-corrected chi connectivity index (χ2v) is 6.78. The van der Waals surface area contributed by atoms with Crippen LogP contribution in [0.3, 0.4) is 0 Å². The summed E-state index contributed by atoms with van der Waals surface area (Å²) < 4.78 is 5.65. The summed E-state index contributed by atoms with van der Waals surface area (Å²) in [5.41, 5.74) is 4.90. The van der Waals surface area contributed by atoms with Crippen molar-refractivity contribution < 1.29 is 9.32 Å². The van der Waals surface area contributed by atoms with Gasteiger partial charge >= 0.3 is 0 Å². The summed E-state index contributed by atoms with van der Waals surface area (Å²) in [5, 5.41) is 12.1. The van der Waals surface area contributed by atoms with Crippen LogP contribution in [0.5, 0.6) is 0 Å². The first-order chi connectivity index (χ1) is 13.2. The highest BCUT2D eigenvalue weighted by Crippen LogP contribution is 2.45. The Morgan fingerprint density at radius 2 is 1.74 bits per heavy atom. The predicted molar refractivity (Wildman–Crippen MR) is 107 cm³/mol. The minimum Gasteiger partial charge on any atom is -0.386 e. The van der Waals surface area contributed by atoms with Crippen molar-refractivity contribution in [3.8, 4) is 11.3 Å². The predicted octanol–water partition coefficient (Wildman–Crippen LogP) is 5.48. The number of nitrogens with one attached hydrogen (secondary N) is 2. The van der Waals surface area contributed by atoms with Crippen LogP contribution in [0.4, 0.5) is 17.1 Å². The number of carbonyl (C=O) groups excluding carboxylic acids is 1. The molecule has 5 nitrogen and oxygen atoms in total. The van der Waals surface area contributed by atoms with Crippen LogP contribution in [0.15, 0.2) is 59.1 Å². The molecule has 5 rings (SSSR count). The molecule has 0 atom stereocenters. The van der Waals surface area contributed by atoms with Crippen molar-refractivity contribution in [1.29, 1.82) is 0 Å². The SMILES string of the molecule is CNc1cc(Nc2ccc(Cl)cc2)c2c3c(onc13)-c1ccccc1C2=O. The van der Waals surface area contributed by atoms with E-state index in [-0.39, 0.29) is 5.78 Å². The first-order valence-corrected chi connectivity index (χ1v) is 8.86. The summed E-state index contributed by atoms with van der Waals surface area (Å²) in [6.45, 7) is 0. The number of rotatable bonds is 3. The summed E-state index contributed by atoms with van der Waals surface area (Å²) in [6, 6.07) is 16.7. The first-order valence-electron chi connectivity index (χ1n) is 8.48. The molecule has 0 saturated heterocycles. The van der Waals surface area contributed by atoms with Gasteiger partial charge in [-0.15, -0.1) is 0 Å². The average molecular weight is 376 g/mol. The standard InChI is InChI=1S/C21H14ClN3O2/c1-23-16-10-15(24-12-8-6-11(22)7-9-12)17-18-19(16)25-27-21(18)14-5-3-2-4-13(14)20(17)26/h2-10,23-24H,1H3. The van der Waals surface area contributed by atoms with Gasteiger partial charge in [0.25, 0.3) is 0 Å². The van der Waals surface area contributed by atoms with E-state index in [1.165, 1.54) is 0 Å². The Morgan fingerprint density at radius 3 is 2.48 bits per heavy atom. The number of hydrogen-bond donors (Lipinski definition) is 2. The van der Waals surface area contributed by atoms with Crippen molar-refractivity contribution in [1.82, 2.24) is 5.16 Å². The molecule has 27 heavy (non-hydrogen) atoms. The van der Waals surface area contributed by atoms with Gasteiger partial charge in [0, 0.05) is 28.9 Å². The van der Waals surface area contributed by atoms with E-state index in [1.54, 1.807) is 12.1 Å². The highest BCUT2D eigenvalue weighted by Gasteiger charge is 2.32. The fourth-order valence-electron chi connectivity index (χ4n) is 3.54. The van der Waals surface area contributed by atoms with Crippen molar-refractivity contribution in [2.45, 2.75) is 0 Å². The Morgan fingerprint density at radius 1 is 1.00 bits per heavy atom. The molecule has 1 aliphatic rings. The Balaban J connectivity index is 1.80. The van der Waals surface area contributed by atoms with E-state index in [0.717, 1.165) is 22.3 Å². The zero-order chi connectivity index (χ0) is 18.5. The number of ketones is 1. The summed E-state index contributed by atoms with van der Waals surface area (Å²) in [7, 11) is 1.82. The quantitative estimate of drug-likeness (QED) is 0.437. The summed E-state index contributed by atoms with van der Waals surface area (Å²) in [6.07, 6.45) is 0. The number of anilines is 3. The maximum Gasteiger partial charge on any atom is 0.196 e. The van der Waals surface area contributed by atoms with E-state index in [9.17, 15) is 4.79 Å². The topological polar surface area (TPSA) is 67.2 Å². The monoisotopic (exact) mass is 375 g/mol. The second kappa shape index (κ2) is 5.86. The molecule has 132 valence electrons. The number of aromatic nitrogens is 1. The molecular formula is C21H14ClN3O2. The maximum atomic E-state index is 13.3. The van der Waals surface area contributed by atoms with Crippen LogP contribution >= 0.6 is 11.6 Å². The molecule has 2 N–H and O–H groups in total. The zero-order valence-corrected chi connectivity index (χ0v) is 15.1. The third-order valence-electron chi connectivity index (χ3n) is 4.79. The summed E-state index contributed by atoms with van der Waals surface area (Å²) in [4.78, 5) is 13.3. The smallest absolute Gasteiger partial charge is 0.196 e. The molecule has 1 heterocycles. The Bertz CT molecular complexity index is 1210. The number of carbonyl (C=O) groups is 1. The van der Waals surface area contributed by atoms with Crippen molar-refractivity contribution in [2.75, 3.05) is 17.7 Å². The third kappa shape index (κ3) is 2.32. The van der Waals surface area contributed by atoms with Gasteiger partial charge in [-0.2, -0.15) is 0 Å². The molecule has 3 aromatic carbocycles. The van der Waals surface area contributed by atoms with Gasteiger partial charge in [0.1, 0.15) is 5.52 Å². The lowest BCUT2D eigenvalue weighted by molar-refractivity contribution is 0.104. The number of benzene rings is 3. The van der Waals surface area contributed by atoms with Gasteiger partial charge in [0.05, 0.1) is 22.3 Å². The molecule has 0 bridgehead atoms. The van der Waals surface area contributed by atoms with Crippen LogP contribution in [0.2, 0.25) is 5.02 Å². The van der Waals surface area contributed by atoms with E-state index in [2.05, 4.69) is 15.8 Å². The highest BCUT2D eigenvalue weighted by atomic mass is 35.5. The molecule has 0 amide bonds. The van der Waals surface area contributed by atoms with E-state index < -0.39 is 0 Å². The minimum absolute atomic E-state index is 0.0505. The lowest BCUT2D eigenvalue weighted by Gasteiger charge is -2.19. The van der Waals surface area contributed by atoms with Gasteiger partial charge in [-0.05, 0) is 30.3 Å². The molecule has 4 aromatic rings. The van der Waals surface area contributed by atoms with E-state index in [4.69, 9.17) is 16.1 Å². The van der Waals surface area contributed by atoms with Crippen molar-refractivity contribution in [3.05, 3.63) is 70.7 Å². The Kier molecular flexibility index (Phi) is 3.45. The summed E-state index contributed by atoms with van der Waals surface area (Å²) in [5.74, 6) is 0.567. The summed E-state index contributed by atoms with van der Waals surface area (Å²) >= 11 is 5.98. The van der Waals surface area contributed by atoms with Crippen molar-refractivity contribution >= 4 is 45.3 Å². The average Bonchev–Trinajstić information content (AvgIpc) is 3.13. The molecule has 6 heteroatoms. The van der Waals surface area contributed by atoms with Gasteiger partial charge in [0.2, 0.25) is 0 Å². The molecule has 0 aliphatic heterocycles. The van der Waals surface area contributed by atoms with Gasteiger partial charge < -0.3 is 15.2 Å². The number of halogens is 1. The molecule has 0 radical (unpaired) electrons. The van der Waals surface area contributed by atoms with E-state index in [0.29, 0.717) is 33.1 Å². The van der Waals surface area contributed by atoms with Crippen molar-refractivity contribution in [3.63, 3.8) is 0 Å². The Labute approximate surface area is 159 Å². The van der Waals surface area contributed by atoms with Gasteiger partial charge in [-0.3, -0.25) is 4.79 Å². The molecule has 0 fully saturated rings. The lowest BCUT2D eigenvalue weighted by Crippen LogP contribution is -2.12. The van der Waals surface area contributed by atoms with Crippen LogP contribution < -0.4 is 10.6 Å². The fourth-order valence-corrected chi connectivity index (χ4v) is 3.66. The van der Waals surface area contributed by atoms with Gasteiger partial charge in [-0.1, -0.05) is 41.0 Å². The first kappa shape index (κ1) is 15.9. The van der Waals surface area contributed by atoms with E-state index in [1.807, 2.05) is 49.5 Å². The van der Waals surface area contributed by atoms with Crippen LogP contribution in [0.25, 0.3) is 22.2 Å². The molecule has 1 aromatic heterocycles. The lowest BCUT2D eigenvalue weighted by atomic mass is 9.86. The molecule has 0 saturated carbocycles. The molecule has 0 unspecified atom stereocenters. The normalized spacial score (nSPS) is 12.1. The van der Waals surface area contributed by atoms with Gasteiger partial charge in [0.15, 0.2) is 11.5 Å². The fraction of sp³-hybridized carbons (Fsp3) is 0.0476. The molecular weight excluding hydrogens is 362 g/mol. The second-order valence-electron chi connectivity index (χ2n) is 6.34. The van der Waals surface area contributed by atoms with E-state index >= 15 is 0 Å². The maximum absolute atomic E-state index is 13.3. The number of nitrogens with zero attached hydrogens (tertiary/aromatic N) is 1. The zero-order valence-electron chi connectivity index (χ0n) is 14.3. The minimum atomic E-state index is -0.0505. The van der Waals surface area contributed by atoms with Crippen LogP contribution in [0.1, 0.15) is 15.9 Å². The number of fused-ring (bicyclic) bond motifs is 2. The van der Waals surface area contributed by atoms with Crippen LogP contribution in [-0.4, -0.2) is 18.0 Å². The Hall–Kier alpha value is -3.31. The third-order valence-corrected chi connectivity index (χ3v) is 5.04. The molecule has 0 spiro atoms. The van der Waals surface area contributed by atoms with Crippen LogP contribution in [-0.2, 0) is 0 Å². The van der Waals surface area contributed by atoms with Gasteiger partial charge in [-0.25, -0.2) is 0 Å². The highest BCUT2D eigenvalue weighted by molar-refractivity contribution is 6.30. The largest absolute Gasteiger partial charge is 0.386 e. The number of hydrogen-bond acceptors (Lipinski definition) is 5.